The highest BCUT2D eigenvalue weighted by molar-refractivity contribution is 6.00. The Morgan fingerprint density at radius 1 is 1.11 bits per heavy atom. The summed E-state index contributed by atoms with van der Waals surface area (Å²) in [6.45, 7) is 8.56. The molecule has 4 heterocycles. The molecule has 3 aliphatic rings. The lowest BCUT2D eigenvalue weighted by Gasteiger charge is -2.34. The van der Waals surface area contributed by atoms with Crippen LogP contribution in [0.1, 0.15) is 63.7 Å². The first kappa shape index (κ1) is 31.0. The standard InChI is InChI=1S/C35H43N7O5/c1-7-27(43)37-24-14-22-18-42(30(24)28(22)39-34(45)47-35(2,3)4)33(44)21-13-23-29(26(16-21)46-6)40(5)32(38-23)25-15-20-9-8-12-36-31(20)41(25)17-19-10-11-19/h8-9,12-13,15-16,19,22,24,28,30H,7,10-11,14,17-18H2,1-6H3,(H,37,43)(H,39,45)/t22-,24+,28-,30-/m1/s1. The molecule has 1 aromatic carbocycles. The average Bonchev–Trinajstić information content (AvgIpc) is 3.42. The number of likely N-dealkylation sites (tertiary alicyclic amines) is 1. The summed E-state index contributed by atoms with van der Waals surface area (Å²) in [7, 11) is 3.56. The minimum Gasteiger partial charge on any atom is -0.494 e. The Hall–Kier alpha value is -4.61. The summed E-state index contributed by atoms with van der Waals surface area (Å²) in [6, 6.07) is 8.65. The second-order valence-corrected chi connectivity index (χ2v) is 14.2. The van der Waals surface area contributed by atoms with E-state index in [-0.39, 0.29) is 29.8 Å². The number of carbonyl (C=O) groups is 3. The van der Waals surface area contributed by atoms with Gasteiger partial charge in [0.1, 0.15) is 22.5 Å². The van der Waals surface area contributed by atoms with E-state index < -0.39 is 17.7 Å². The summed E-state index contributed by atoms with van der Waals surface area (Å²) in [6.07, 6.45) is 4.70. The summed E-state index contributed by atoms with van der Waals surface area (Å²) < 4.78 is 15.7. The van der Waals surface area contributed by atoms with E-state index >= 15 is 0 Å². The lowest BCUT2D eigenvalue weighted by atomic mass is 10.0. The van der Waals surface area contributed by atoms with Gasteiger partial charge in [-0.2, -0.15) is 0 Å². The number of carbonyl (C=O) groups excluding carboxylic acids is 3. The van der Waals surface area contributed by atoms with E-state index in [9.17, 15) is 14.4 Å². The summed E-state index contributed by atoms with van der Waals surface area (Å²) in [4.78, 5) is 51.2. The second-order valence-electron chi connectivity index (χ2n) is 14.2. The maximum absolute atomic E-state index is 14.3. The number of imidazole rings is 1. The quantitative estimate of drug-likeness (QED) is 0.287. The van der Waals surface area contributed by atoms with Crippen LogP contribution in [-0.2, 0) is 23.1 Å². The van der Waals surface area contributed by atoms with Gasteiger partial charge in [0.2, 0.25) is 5.91 Å². The molecular weight excluding hydrogens is 598 g/mol. The van der Waals surface area contributed by atoms with Crippen molar-refractivity contribution in [1.82, 2.24) is 34.6 Å². The monoisotopic (exact) mass is 641 g/mol. The molecule has 3 amide bonds. The Labute approximate surface area is 273 Å². The number of hydrogen-bond acceptors (Lipinski definition) is 7. The number of aromatic nitrogens is 4. The summed E-state index contributed by atoms with van der Waals surface area (Å²) in [5.41, 5.74) is 3.11. The molecule has 2 aliphatic carbocycles. The number of benzene rings is 1. The molecule has 12 nitrogen and oxygen atoms in total. The predicted molar refractivity (Wildman–Crippen MR) is 177 cm³/mol. The van der Waals surface area contributed by atoms with E-state index in [4.69, 9.17) is 14.5 Å². The van der Waals surface area contributed by atoms with E-state index in [1.54, 1.807) is 25.0 Å². The summed E-state index contributed by atoms with van der Waals surface area (Å²) in [5, 5.41) is 7.16. The maximum atomic E-state index is 14.3. The van der Waals surface area contributed by atoms with Crippen molar-refractivity contribution in [3.8, 4) is 17.3 Å². The molecule has 1 aliphatic heterocycles. The van der Waals surface area contributed by atoms with Crippen LogP contribution in [0.4, 0.5) is 4.79 Å². The van der Waals surface area contributed by atoms with Gasteiger partial charge in [0, 0.05) is 49.6 Å². The van der Waals surface area contributed by atoms with Crippen molar-refractivity contribution in [3.05, 3.63) is 42.1 Å². The minimum atomic E-state index is -0.663. The molecule has 47 heavy (non-hydrogen) atoms. The third-order valence-electron chi connectivity index (χ3n) is 9.67. The Morgan fingerprint density at radius 2 is 1.89 bits per heavy atom. The summed E-state index contributed by atoms with van der Waals surface area (Å²) >= 11 is 0. The zero-order chi connectivity index (χ0) is 33.2. The van der Waals surface area contributed by atoms with Gasteiger partial charge in [-0.25, -0.2) is 14.8 Å². The van der Waals surface area contributed by atoms with Gasteiger partial charge in [-0.3, -0.25) is 9.59 Å². The molecule has 3 fully saturated rings. The number of alkyl carbamates (subject to hydrolysis) is 1. The number of rotatable bonds is 8. The third kappa shape index (κ3) is 5.67. The highest BCUT2D eigenvalue weighted by atomic mass is 16.6. The molecule has 2 saturated carbocycles. The first-order chi connectivity index (χ1) is 22.5. The molecule has 248 valence electrons. The van der Waals surface area contributed by atoms with Gasteiger partial charge < -0.3 is 34.1 Å². The van der Waals surface area contributed by atoms with Crippen molar-refractivity contribution in [1.29, 1.82) is 0 Å². The van der Waals surface area contributed by atoms with E-state index in [0.29, 0.717) is 42.1 Å². The van der Waals surface area contributed by atoms with Crippen LogP contribution in [0.3, 0.4) is 0 Å². The van der Waals surface area contributed by atoms with Crippen LogP contribution in [0.2, 0.25) is 0 Å². The van der Waals surface area contributed by atoms with E-state index in [2.05, 4.69) is 32.3 Å². The molecular formula is C35H43N7O5. The van der Waals surface area contributed by atoms with Gasteiger partial charge >= 0.3 is 6.09 Å². The lowest BCUT2D eigenvalue weighted by Crippen LogP contribution is -2.55. The number of methoxy groups -OCH3 is 1. The SMILES string of the molecule is CCC(=O)N[C@H]1C[C@@H]2CN(C(=O)c3cc(OC)c4c(c3)nc(-c3cc5cccnc5n3CC3CC3)n4C)[C@H]1[C@@H]2NC(=O)OC(C)(C)C. The molecule has 4 atom stereocenters. The first-order valence-electron chi connectivity index (χ1n) is 16.5. The Kier molecular flexibility index (Phi) is 7.64. The second kappa shape index (κ2) is 11.6. The molecule has 3 aromatic heterocycles. The van der Waals surface area contributed by atoms with Crippen LogP contribution in [0, 0.1) is 11.8 Å². The number of nitrogens with zero attached hydrogens (tertiary/aromatic N) is 5. The average molecular weight is 642 g/mol. The molecule has 0 radical (unpaired) electrons. The van der Waals surface area contributed by atoms with E-state index in [1.165, 1.54) is 12.8 Å². The zero-order valence-electron chi connectivity index (χ0n) is 27.9. The van der Waals surface area contributed by atoms with Crippen molar-refractivity contribution in [2.45, 2.75) is 83.6 Å². The third-order valence-corrected chi connectivity index (χ3v) is 9.67. The largest absolute Gasteiger partial charge is 0.494 e. The van der Waals surface area contributed by atoms with Crippen LogP contribution in [0.5, 0.6) is 5.75 Å². The van der Waals surface area contributed by atoms with Crippen LogP contribution in [0.15, 0.2) is 36.5 Å². The zero-order valence-corrected chi connectivity index (χ0v) is 27.9. The van der Waals surface area contributed by atoms with Crippen LogP contribution < -0.4 is 15.4 Å². The number of pyridine rings is 1. The van der Waals surface area contributed by atoms with Gasteiger partial charge in [0.15, 0.2) is 5.82 Å². The fourth-order valence-electron chi connectivity index (χ4n) is 7.43. The number of fused-ring (bicyclic) bond motifs is 4. The van der Waals surface area contributed by atoms with Crippen molar-refractivity contribution >= 4 is 40.0 Å². The topological polar surface area (TPSA) is 133 Å². The van der Waals surface area contributed by atoms with Gasteiger partial charge in [0.05, 0.1) is 36.4 Å². The van der Waals surface area contributed by atoms with Gasteiger partial charge in [0.25, 0.3) is 5.91 Å². The Bertz CT molecular complexity index is 1880. The molecule has 7 rings (SSSR count). The smallest absolute Gasteiger partial charge is 0.407 e. The molecule has 1 saturated heterocycles. The number of aryl methyl sites for hydroxylation is 1. The van der Waals surface area contributed by atoms with Crippen molar-refractivity contribution in [2.75, 3.05) is 13.7 Å². The van der Waals surface area contributed by atoms with Crippen LogP contribution >= 0.6 is 0 Å². The highest BCUT2D eigenvalue weighted by Gasteiger charge is 2.55. The number of amides is 3. The predicted octanol–water partition coefficient (Wildman–Crippen LogP) is 4.64. The summed E-state index contributed by atoms with van der Waals surface area (Å²) in [5.74, 6) is 1.61. The molecule has 0 spiro atoms. The molecule has 12 heteroatoms. The molecule has 2 N–H and O–H groups in total. The Balaban J connectivity index is 1.24. The number of ether oxygens (including phenoxy) is 2. The molecule has 2 bridgehead atoms. The van der Waals surface area contributed by atoms with E-state index in [1.807, 2.05) is 50.7 Å². The van der Waals surface area contributed by atoms with Crippen LogP contribution in [-0.4, -0.2) is 79.3 Å². The van der Waals surface area contributed by atoms with Gasteiger partial charge in [-0.05, 0) is 76.3 Å². The number of piperidine rings is 1. The van der Waals surface area contributed by atoms with Crippen molar-refractivity contribution < 1.29 is 23.9 Å². The van der Waals surface area contributed by atoms with Gasteiger partial charge in [-0.15, -0.1) is 0 Å². The number of nitrogens with one attached hydrogen (secondary N) is 2. The van der Waals surface area contributed by atoms with E-state index in [0.717, 1.165) is 34.6 Å². The molecule has 0 unspecified atom stereocenters. The highest BCUT2D eigenvalue weighted by Crippen LogP contribution is 2.41. The number of hydrogen-bond donors (Lipinski definition) is 2. The van der Waals surface area contributed by atoms with Gasteiger partial charge in [-0.1, -0.05) is 6.92 Å². The maximum Gasteiger partial charge on any atom is 0.407 e. The molecule has 4 aromatic rings. The van der Waals surface area contributed by atoms with Crippen LogP contribution in [0.25, 0.3) is 33.6 Å². The lowest BCUT2D eigenvalue weighted by molar-refractivity contribution is -0.121. The van der Waals surface area contributed by atoms with Crippen molar-refractivity contribution in [3.63, 3.8) is 0 Å². The normalized spacial score (nSPS) is 22.2. The fraction of sp³-hybridized carbons (Fsp3) is 0.514. The fourth-order valence-corrected chi connectivity index (χ4v) is 7.43. The minimum absolute atomic E-state index is 0.0345. The first-order valence-corrected chi connectivity index (χ1v) is 16.5. The Morgan fingerprint density at radius 3 is 2.60 bits per heavy atom. The van der Waals surface area contributed by atoms with Crippen molar-refractivity contribution in [2.24, 2.45) is 18.9 Å².